The van der Waals surface area contributed by atoms with Crippen LogP contribution >= 0.6 is 0 Å². The second-order valence-corrected chi connectivity index (χ2v) is 23.5. The van der Waals surface area contributed by atoms with E-state index in [0.717, 1.165) is 44.9 Å². The molecular formula is C70H133NO5. The van der Waals surface area contributed by atoms with Gasteiger partial charge in [0.2, 0.25) is 5.91 Å². The van der Waals surface area contributed by atoms with E-state index in [1.165, 1.54) is 302 Å². The second-order valence-electron chi connectivity index (χ2n) is 23.5. The van der Waals surface area contributed by atoms with E-state index in [9.17, 15) is 19.8 Å². The lowest BCUT2D eigenvalue weighted by atomic mass is 10.0. The van der Waals surface area contributed by atoms with Crippen molar-refractivity contribution in [2.24, 2.45) is 0 Å². The van der Waals surface area contributed by atoms with Gasteiger partial charge in [0.25, 0.3) is 0 Å². The molecule has 0 aromatic carbocycles. The quantitative estimate of drug-likeness (QED) is 0.0320. The Kier molecular flexibility index (Phi) is 63.9. The van der Waals surface area contributed by atoms with E-state index in [0.29, 0.717) is 19.4 Å². The lowest BCUT2D eigenvalue weighted by Crippen LogP contribution is -2.45. The van der Waals surface area contributed by atoms with Gasteiger partial charge in [0.05, 0.1) is 25.4 Å². The molecule has 0 bridgehead atoms. The number of rotatable bonds is 64. The summed E-state index contributed by atoms with van der Waals surface area (Å²) >= 11 is 0. The lowest BCUT2D eigenvalue weighted by Gasteiger charge is -2.20. The maximum atomic E-state index is 12.5. The number of unbranched alkanes of at least 4 members (excludes halogenated alkanes) is 49. The molecular weight excluding hydrogens is 935 g/mol. The van der Waals surface area contributed by atoms with E-state index in [1.807, 2.05) is 6.08 Å². The molecule has 6 nitrogen and oxygen atoms in total. The van der Waals surface area contributed by atoms with Crippen molar-refractivity contribution in [2.45, 2.75) is 386 Å². The number of ether oxygens (including phenoxy) is 1. The minimum Gasteiger partial charge on any atom is -0.466 e. The molecule has 0 rings (SSSR count). The Hall–Kier alpha value is -1.92. The Morgan fingerprint density at radius 2 is 0.618 bits per heavy atom. The predicted octanol–water partition coefficient (Wildman–Crippen LogP) is 21.9. The van der Waals surface area contributed by atoms with Gasteiger partial charge in [0, 0.05) is 12.8 Å². The number of allylic oxidation sites excluding steroid dienone is 5. The first-order chi connectivity index (χ1) is 37.5. The number of nitrogens with one attached hydrogen (secondary N) is 1. The molecule has 76 heavy (non-hydrogen) atoms. The smallest absolute Gasteiger partial charge is 0.305 e. The molecule has 1 amide bonds. The molecule has 0 heterocycles. The molecule has 0 fully saturated rings. The summed E-state index contributed by atoms with van der Waals surface area (Å²) in [7, 11) is 0. The van der Waals surface area contributed by atoms with Crippen molar-refractivity contribution in [3.63, 3.8) is 0 Å². The van der Waals surface area contributed by atoms with Crippen LogP contribution in [0.25, 0.3) is 0 Å². The highest BCUT2D eigenvalue weighted by Crippen LogP contribution is 2.18. The van der Waals surface area contributed by atoms with Gasteiger partial charge in [-0.15, -0.1) is 0 Å². The number of carbonyl (C=O) groups is 2. The topological polar surface area (TPSA) is 95.9 Å². The third kappa shape index (κ3) is 61.3. The van der Waals surface area contributed by atoms with Crippen LogP contribution in [0, 0.1) is 0 Å². The predicted molar refractivity (Wildman–Crippen MR) is 333 cm³/mol. The van der Waals surface area contributed by atoms with E-state index >= 15 is 0 Å². The second kappa shape index (κ2) is 65.6. The molecule has 0 saturated carbocycles. The van der Waals surface area contributed by atoms with Crippen LogP contribution in [0.15, 0.2) is 36.5 Å². The first kappa shape index (κ1) is 74.1. The molecule has 0 saturated heterocycles. The number of hydrogen-bond donors (Lipinski definition) is 3. The van der Waals surface area contributed by atoms with Gasteiger partial charge in [0.15, 0.2) is 0 Å². The molecule has 0 aromatic rings. The summed E-state index contributed by atoms with van der Waals surface area (Å²) in [5, 5.41) is 23.2. The molecule has 0 aliphatic carbocycles. The maximum Gasteiger partial charge on any atom is 0.305 e. The first-order valence-corrected chi connectivity index (χ1v) is 34.3. The van der Waals surface area contributed by atoms with Gasteiger partial charge in [0.1, 0.15) is 0 Å². The highest BCUT2D eigenvalue weighted by Gasteiger charge is 2.18. The van der Waals surface area contributed by atoms with Crippen molar-refractivity contribution in [3.05, 3.63) is 36.5 Å². The van der Waals surface area contributed by atoms with Crippen LogP contribution in [0.3, 0.4) is 0 Å². The summed E-state index contributed by atoms with van der Waals surface area (Å²) < 4.78 is 5.48. The first-order valence-electron chi connectivity index (χ1n) is 34.3. The summed E-state index contributed by atoms with van der Waals surface area (Å²) in [6, 6.07) is -0.633. The molecule has 448 valence electrons. The van der Waals surface area contributed by atoms with Crippen molar-refractivity contribution >= 4 is 11.9 Å². The fourth-order valence-electron chi connectivity index (χ4n) is 10.6. The fraction of sp³-hybridized carbons (Fsp3) is 0.886. The van der Waals surface area contributed by atoms with Crippen LogP contribution in [0.5, 0.6) is 0 Å². The van der Waals surface area contributed by atoms with E-state index in [-0.39, 0.29) is 18.5 Å². The van der Waals surface area contributed by atoms with Crippen molar-refractivity contribution in [3.8, 4) is 0 Å². The molecule has 0 aromatic heterocycles. The highest BCUT2D eigenvalue weighted by molar-refractivity contribution is 5.76. The number of esters is 1. The van der Waals surface area contributed by atoms with Crippen molar-refractivity contribution in [1.29, 1.82) is 0 Å². The lowest BCUT2D eigenvalue weighted by molar-refractivity contribution is -0.143. The summed E-state index contributed by atoms with van der Waals surface area (Å²) in [6.07, 6.45) is 83.5. The van der Waals surface area contributed by atoms with Crippen molar-refractivity contribution < 1.29 is 24.5 Å². The third-order valence-electron chi connectivity index (χ3n) is 15.9. The number of amides is 1. The monoisotopic (exact) mass is 1070 g/mol. The minimum absolute atomic E-state index is 0.00312. The van der Waals surface area contributed by atoms with Gasteiger partial charge in [-0.1, -0.05) is 314 Å². The van der Waals surface area contributed by atoms with Gasteiger partial charge < -0.3 is 20.3 Å². The van der Waals surface area contributed by atoms with Crippen LogP contribution in [-0.2, 0) is 14.3 Å². The van der Waals surface area contributed by atoms with Gasteiger partial charge in [-0.25, -0.2) is 0 Å². The standard InChI is InChI=1S/C70H133NO5/c1-3-5-7-9-11-13-15-17-18-19-20-21-26-29-32-35-39-42-46-50-54-58-62-68(73)67(66-72)71-69(74)63-59-55-51-47-43-40-36-33-30-27-24-22-23-25-28-31-34-37-41-45-49-53-57-61-65-76-70(75)64-60-56-52-48-44-38-16-14-12-10-8-6-4-2/h14,16,24,27,58,62,67-68,72-73H,3-13,15,17-23,25-26,28-57,59-61,63-66H2,1-2H3,(H,71,74)/b16-14-,27-24-,62-58+. The van der Waals surface area contributed by atoms with Crippen LogP contribution in [-0.4, -0.2) is 47.4 Å². The Morgan fingerprint density at radius 3 is 0.947 bits per heavy atom. The van der Waals surface area contributed by atoms with Crippen LogP contribution in [0.1, 0.15) is 373 Å². The summed E-state index contributed by atoms with van der Waals surface area (Å²) in [5.74, 6) is -0.0661. The molecule has 0 aliphatic heterocycles. The zero-order valence-electron chi connectivity index (χ0n) is 51.3. The van der Waals surface area contributed by atoms with Gasteiger partial charge >= 0.3 is 5.97 Å². The van der Waals surface area contributed by atoms with Crippen LogP contribution in [0.2, 0.25) is 0 Å². The molecule has 0 aliphatic rings. The van der Waals surface area contributed by atoms with Crippen LogP contribution < -0.4 is 5.32 Å². The molecule has 6 heteroatoms. The zero-order chi connectivity index (χ0) is 55.0. The van der Waals surface area contributed by atoms with Gasteiger partial charge in [-0.05, 0) is 83.5 Å². The summed E-state index contributed by atoms with van der Waals surface area (Å²) in [6.45, 7) is 4.91. The van der Waals surface area contributed by atoms with Gasteiger partial charge in [-0.3, -0.25) is 9.59 Å². The third-order valence-corrected chi connectivity index (χ3v) is 15.9. The van der Waals surface area contributed by atoms with Gasteiger partial charge in [-0.2, -0.15) is 0 Å². The van der Waals surface area contributed by atoms with E-state index in [4.69, 9.17) is 4.74 Å². The van der Waals surface area contributed by atoms with Crippen LogP contribution in [0.4, 0.5) is 0 Å². The van der Waals surface area contributed by atoms with E-state index in [1.54, 1.807) is 6.08 Å². The fourth-order valence-corrected chi connectivity index (χ4v) is 10.6. The molecule has 3 N–H and O–H groups in total. The SMILES string of the molecule is CCCCCC/C=C\CCCCCCCC(=O)OCCCCCCCCCCCCCC/C=C\CCCCCCCCCCC(=O)NC(CO)C(O)/C=C/CCCCCCCCCCCCCCCCCCCCCC. The molecule has 0 radical (unpaired) electrons. The molecule has 2 atom stereocenters. The van der Waals surface area contributed by atoms with Crippen molar-refractivity contribution in [1.82, 2.24) is 5.32 Å². The van der Waals surface area contributed by atoms with E-state index < -0.39 is 12.1 Å². The zero-order valence-corrected chi connectivity index (χ0v) is 51.3. The highest BCUT2D eigenvalue weighted by atomic mass is 16.5. The normalized spacial score (nSPS) is 12.7. The number of hydrogen-bond acceptors (Lipinski definition) is 5. The maximum absolute atomic E-state index is 12.5. The van der Waals surface area contributed by atoms with Crippen molar-refractivity contribution in [2.75, 3.05) is 13.2 Å². The average molecular weight is 1070 g/mol. The summed E-state index contributed by atoms with van der Waals surface area (Å²) in [5.41, 5.74) is 0. The number of aliphatic hydroxyl groups is 2. The molecule has 2 unspecified atom stereocenters. The largest absolute Gasteiger partial charge is 0.466 e. The summed E-state index contributed by atoms with van der Waals surface area (Å²) in [4.78, 5) is 24.6. The number of carbonyl (C=O) groups excluding carboxylic acids is 2. The minimum atomic E-state index is -0.849. The Balaban J connectivity index is 3.44. The molecule has 0 spiro atoms. The van der Waals surface area contributed by atoms with E-state index in [2.05, 4.69) is 43.5 Å². The number of aliphatic hydroxyl groups excluding tert-OH is 2. The Labute approximate surface area is 474 Å². The average Bonchev–Trinajstić information content (AvgIpc) is 3.42. The Bertz CT molecular complexity index is 1230. The Morgan fingerprint density at radius 1 is 0.355 bits per heavy atom.